The van der Waals surface area contributed by atoms with Gasteiger partial charge in [0, 0.05) is 19.0 Å². The van der Waals surface area contributed by atoms with Crippen LogP contribution in [0.5, 0.6) is 0 Å². The van der Waals surface area contributed by atoms with Gasteiger partial charge in [-0.3, -0.25) is 4.79 Å². The second-order valence-electron chi connectivity index (χ2n) is 4.40. The smallest absolute Gasteiger partial charge is 0.348 e. The van der Waals surface area contributed by atoms with Crippen LogP contribution in [-0.2, 0) is 19.6 Å². The molecular formula is C11H13BrN2O5S2. The molecule has 7 nitrogen and oxygen atoms in total. The third kappa shape index (κ3) is 3.82. The lowest BCUT2D eigenvalue weighted by Gasteiger charge is -2.23. The van der Waals surface area contributed by atoms with E-state index in [0.29, 0.717) is 10.2 Å². The molecule has 116 valence electrons. The Balaban J connectivity index is 2.18. The number of nitrogens with one attached hydrogen (secondary N) is 2. The molecule has 1 amide bonds. The quantitative estimate of drug-likeness (QED) is 0.734. The van der Waals surface area contributed by atoms with Crippen LogP contribution in [0.3, 0.4) is 0 Å². The summed E-state index contributed by atoms with van der Waals surface area (Å²) in [7, 11) is -2.55. The molecule has 1 aliphatic heterocycles. The molecule has 0 aliphatic carbocycles. The molecule has 0 radical (unpaired) electrons. The molecule has 1 aliphatic rings. The summed E-state index contributed by atoms with van der Waals surface area (Å²) >= 11 is 4.14. The Morgan fingerprint density at radius 3 is 2.86 bits per heavy atom. The molecule has 1 aromatic rings. The summed E-state index contributed by atoms with van der Waals surface area (Å²) in [5, 5.41) is 2.60. The number of halogens is 1. The fourth-order valence-electron chi connectivity index (χ4n) is 1.85. The van der Waals surface area contributed by atoms with Crippen LogP contribution >= 0.6 is 27.3 Å². The lowest BCUT2D eigenvalue weighted by atomic mass is 10.1. The van der Waals surface area contributed by atoms with Crippen LogP contribution in [-0.4, -0.2) is 40.0 Å². The summed E-state index contributed by atoms with van der Waals surface area (Å²) < 4.78 is 32.1. The van der Waals surface area contributed by atoms with E-state index in [1.807, 2.05) is 0 Å². The maximum absolute atomic E-state index is 12.3. The summed E-state index contributed by atoms with van der Waals surface area (Å²) in [4.78, 5) is 22.7. The highest BCUT2D eigenvalue weighted by Gasteiger charge is 2.28. The van der Waals surface area contributed by atoms with Crippen molar-refractivity contribution in [2.24, 2.45) is 0 Å². The number of hydrogen-bond donors (Lipinski definition) is 2. The predicted octanol–water partition coefficient (Wildman–Crippen LogP) is 0.854. The van der Waals surface area contributed by atoms with Crippen molar-refractivity contribution in [3.05, 3.63) is 14.7 Å². The van der Waals surface area contributed by atoms with E-state index in [1.165, 1.54) is 13.2 Å². The molecule has 0 bridgehead atoms. The number of methoxy groups -OCH3 is 1. The molecule has 0 aromatic carbocycles. The molecule has 1 saturated heterocycles. The van der Waals surface area contributed by atoms with Gasteiger partial charge in [0.25, 0.3) is 0 Å². The summed E-state index contributed by atoms with van der Waals surface area (Å²) in [6, 6.07) is 0.908. The highest BCUT2D eigenvalue weighted by Crippen LogP contribution is 2.32. The third-order valence-electron chi connectivity index (χ3n) is 2.92. The van der Waals surface area contributed by atoms with E-state index in [4.69, 9.17) is 0 Å². The Bertz CT molecular complexity index is 660. The maximum atomic E-state index is 12.3. The van der Waals surface area contributed by atoms with Crippen molar-refractivity contribution >= 4 is 49.2 Å². The van der Waals surface area contributed by atoms with E-state index in [-0.39, 0.29) is 34.7 Å². The monoisotopic (exact) mass is 396 g/mol. The van der Waals surface area contributed by atoms with Crippen molar-refractivity contribution in [1.82, 2.24) is 10.0 Å². The fourth-order valence-corrected chi connectivity index (χ4v) is 5.61. The van der Waals surface area contributed by atoms with E-state index in [0.717, 1.165) is 11.3 Å². The van der Waals surface area contributed by atoms with Crippen LogP contribution in [0.1, 0.15) is 22.5 Å². The second-order valence-corrected chi connectivity index (χ2v) is 8.45. The van der Waals surface area contributed by atoms with Gasteiger partial charge in [0.15, 0.2) is 0 Å². The number of sulfonamides is 1. The molecule has 1 unspecified atom stereocenters. The van der Waals surface area contributed by atoms with Gasteiger partial charge in [-0.2, -0.15) is 0 Å². The minimum absolute atomic E-state index is 0.00944. The van der Waals surface area contributed by atoms with Gasteiger partial charge in [-0.15, -0.1) is 11.3 Å². The number of esters is 1. The second kappa shape index (κ2) is 6.42. The SMILES string of the molecule is COC(=O)c1cc(S(=O)(=O)NC2CCC(=O)NC2)c(Br)s1. The minimum Gasteiger partial charge on any atom is -0.465 e. The van der Waals surface area contributed by atoms with Crippen LogP contribution in [0, 0.1) is 0 Å². The molecule has 1 aromatic heterocycles. The Morgan fingerprint density at radius 1 is 1.57 bits per heavy atom. The number of amides is 1. The minimum atomic E-state index is -3.77. The first-order valence-corrected chi connectivity index (χ1v) is 9.09. The Hall–Kier alpha value is -0.970. The first kappa shape index (κ1) is 16.4. The summed E-state index contributed by atoms with van der Waals surface area (Å²) in [5.41, 5.74) is 0. The zero-order valence-electron chi connectivity index (χ0n) is 11.0. The molecule has 1 atom stereocenters. The zero-order valence-corrected chi connectivity index (χ0v) is 14.2. The number of rotatable bonds is 4. The van der Waals surface area contributed by atoms with Crippen LogP contribution in [0.25, 0.3) is 0 Å². The number of piperidine rings is 1. The van der Waals surface area contributed by atoms with Gasteiger partial charge in [-0.1, -0.05) is 0 Å². The van der Waals surface area contributed by atoms with E-state index < -0.39 is 16.0 Å². The van der Waals surface area contributed by atoms with Crippen LogP contribution < -0.4 is 10.0 Å². The Kier molecular flexibility index (Phi) is 5.02. The number of hydrogen-bond acceptors (Lipinski definition) is 6. The first-order valence-electron chi connectivity index (χ1n) is 6.00. The predicted molar refractivity (Wildman–Crippen MR) is 79.7 cm³/mol. The van der Waals surface area contributed by atoms with Crippen LogP contribution in [0.4, 0.5) is 0 Å². The van der Waals surface area contributed by atoms with E-state index in [1.54, 1.807) is 0 Å². The van der Waals surface area contributed by atoms with Crippen LogP contribution in [0.2, 0.25) is 0 Å². The highest BCUT2D eigenvalue weighted by molar-refractivity contribution is 9.11. The summed E-state index contributed by atoms with van der Waals surface area (Å²) in [5.74, 6) is -0.679. The van der Waals surface area contributed by atoms with Gasteiger partial charge in [0.2, 0.25) is 15.9 Å². The molecule has 21 heavy (non-hydrogen) atoms. The highest BCUT2D eigenvalue weighted by atomic mass is 79.9. The fraction of sp³-hybridized carbons (Fsp3) is 0.455. The van der Waals surface area contributed by atoms with Crippen molar-refractivity contribution in [2.45, 2.75) is 23.8 Å². The van der Waals surface area contributed by atoms with Gasteiger partial charge >= 0.3 is 5.97 Å². The number of thiophene rings is 1. The average molecular weight is 397 g/mol. The topological polar surface area (TPSA) is 102 Å². The van der Waals surface area contributed by atoms with E-state index >= 15 is 0 Å². The van der Waals surface area contributed by atoms with Crippen LogP contribution in [0.15, 0.2) is 14.7 Å². The van der Waals surface area contributed by atoms with E-state index in [9.17, 15) is 18.0 Å². The van der Waals surface area contributed by atoms with E-state index in [2.05, 4.69) is 30.7 Å². The van der Waals surface area contributed by atoms with Crippen molar-refractivity contribution < 1.29 is 22.7 Å². The van der Waals surface area contributed by atoms with Gasteiger partial charge in [0.05, 0.1) is 10.9 Å². The molecule has 2 rings (SSSR count). The van der Waals surface area contributed by atoms with Gasteiger partial charge in [0.1, 0.15) is 9.77 Å². The first-order chi connectivity index (χ1) is 9.83. The molecule has 0 spiro atoms. The maximum Gasteiger partial charge on any atom is 0.348 e. The van der Waals surface area contributed by atoms with Gasteiger partial charge in [-0.25, -0.2) is 17.9 Å². The summed E-state index contributed by atoms with van der Waals surface area (Å²) in [6.45, 7) is 0.254. The van der Waals surface area contributed by atoms with Crippen molar-refractivity contribution in [2.75, 3.05) is 13.7 Å². The molecular weight excluding hydrogens is 384 g/mol. The molecule has 0 saturated carbocycles. The Morgan fingerprint density at radius 2 is 2.29 bits per heavy atom. The standard InChI is InChI=1S/C11H13BrN2O5S2/c1-19-11(16)7-4-8(10(12)20-7)21(17,18)14-6-2-3-9(15)13-5-6/h4,6,14H,2-3,5H2,1H3,(H,13,15). The van der Waals surface area contributed by atoms with Gasteiger partial charge < -0.3 is 10.1 Å². The van der Waals surface area contributed by atoms with Crippen molar-refractivity contribution in [3.63, 3.8) is 0 Å². The van der Waals surface area contributed by atoms with Crippen molar-refractivity contribution in [3.8, 4) is 0 Å². The summed E-state index contributed by atoms with van der Waals surface area (Å²) in [6.07, 6.45) is 0.724. The lowest BCUT2D eigenvalue weighted by molar-refractivity contribution is -0.122. The largest absolute Gasteiger partial charge is 0.465 e. The van der Waals surface area contributed by atoms with Gasteiger partial charge in [-0.05, 0) is 28.4 Å². The zero-order chi connectivity index (χ0) is 15.6. The molecule has 2 N–H and O–H groups in total. The normalized spacial score (nSPS) is 19.1. The molecule has 2 heterocycles. The lowest BCUT2D eigenvalue weighted by Crippen LogP contribution is -2.47. The number of carbonyl (C=O) groups excluding carboxylic acids is 2. The average Bonchev–Trinajstić information content (AvgIpc) is 2.83. The third-order valence-corrected chi connectivity index (χ3v) is 6.67. The Labute approximate surface area is 134 Å². The van der Waals surface area contributed by atoms with Crippen molar-refractivity contribution in [1.29, 1.82) is 0 Å². The molecule has 1 fully saturated rings. The number of ether oxygens (including phenoxy) is 1. The molecule has 10 heteroatoms. The number of carbonyl (C=O) groups is 2.